The Labute approximate surface area is 101 Å². The number of aromatic nitrogens is 1. The quantitative estimate of drug-likeness (QED) is 0.877. The van der Waals surface area contributed by atoms with Crippen molar-refractivity contribution in [1.29, 1.82) is 0 Å². The molecule has 1 atom stereocenters. The lowest BCUT2D eigenvalue weighted by Gasteiger charge is -2.14. The van der Waals surface area contributed by atoms with Crippen molar-refractivity contribution >= 4 is 0 Å². The van der Waals surface area contributed by atoms with Gasteiger partial charge in [-0.2, -0.15) is 0 Å². The maximum Gasteiger partial charge on any atom is 0.148 e. The van der Waals surface area contributed by atoms with Gasteiger partial charge in [-0.25, -0.2) is 0 Å². The molecule has 2 aromatic rings. The topological polar surface area (TPSA) is 48.1 Å². The number of aryl methyl sites for hydroxylation is 1. The number of nitrogens with zero attached hydrogens (tertiary/aromatic N) is 1. The van der Waals surface area contributed by atoms with Crippen LogP contribution in [0.5, 0.6) is 11.5 Å². The minimum absolute atomic E-state index is 0.0526. The summed E-state index contributed by atoms with van der Waals surface area (Å²) in [6, 6.07) is 11.5. The average Bonchev–Trinajstić information content (AvgIpc) is 2.32. The molecular weight excluding hydrogens is 212 g/mol. The first-order valence-electron chi connectivity index (χ1n) is 5.62. The zero-order valence-corrected chi connectivity index (χ0v) is 10.1. The van der Waals surface area contributed by atoms with E-state index < -0.39 is 0 Å². The van der Waals surface area contributed by atoms with Crippen molar-refractivity contribution in [3.8, 4) is 11.5 Å². The third kappa shape index (κ3) is 2.63. The average molecular weight is 228 g/mol. The molecular formula is C14H16N2O. The van der Waals surface area contributed by atoms with E-state index in [1.807, 2.05) is 50.2 Å². The third-order valence-corrected chi connectivity index (χ3v) is 2.59. The highest BCUT2D eigenvalue weighted by Gasteiger charge is 2.09. The van der Waals surface area contributed by atoms with Crippen LogP contribution in [0, 0.1) is 6.92 Å². The van der Waals surface area contributed by atoms with Gasteiger partial charge in [-0.3, -0.25) is 4.98 Å². The van der Waals surface area contributed by atoms with Gasteiger partial charge in [0.15, 0.2) is 0 Å². The van der Waals surface area contributed by atoms with Gasteiger partial charge in [-0.05, 0) is 32.0 Å². The van der Waals surface area contributed by atoms with Crippen molar-refractivity contribution in [2.45, 2.75) is 19.9 Å². The van der Waals surface area contributed by atoms with Crippen LogP contribution in [0.25, 0.3) is 0 Å². The summed E-state index contributed by atoms with van der Waals surface area (Å²) in [5, 5.41) is 0. The fourth-order valence-electron chi connectivity index (χ4n) is 1.65. The number of pyridine rings is 1. The summed E-state index contributed by atoms with van der Waals surface area (Å²) in [5.41, 5.74) is 7.77. The molecule has 0 saturated carbocycles. The fraction of sp³-hybridized carbons (Fsp3) is 0.214. The Kier molecular flexibility index (Phi) is 3.40. The van der Waals surface area contributed by atoms with Crippen LogP contribution in [0.4, 0.5) is 0 Å². The minimum atomic E-state index is -0.0526. The van der Waals surface area contributed by atoms with Gasteiger partial charge in [0.1, 0.15) is 11.5 Å². The molecule has 0 unspecified atom stereocenters. The molecule has 0 radical (unpaired) electrons. The SMILES string of the molecule is Cc1ncccc1Oc1ccccc1[C@H](C)N. The van der Waals surface area contributed by atoms with E-state index in [0.717, 1.165) is 22.8 Å². The summed E-state index contributed by atoms with van der Waals surface area (Å²) >= 11 is 0. The molecule has 0 aliphatic rings. The predicted octanol–water partition coefficient (Wildman–Crippen LogP) is 3.20. The molecule has 1 aromatic carbocycles. The molecule has 3 nitrogen and oxygen atoms in total. The molecule has 2 N–H and O–H groups in total. The van der Waals surface area contributed by atoms with Crippen LogP contribution in [0.3, 0.4) is 0 Å². The molecule has 0 aliphatic heterocycles. The standard InChI is InChI=1S/C14H16N2O/c1-10(15)12-6-3-4-7-14(12)17-13-8-5-9-16-11(13)2/h3-10H,15H2,1-2H3/t10-/m0/s1. The predicted molar refractivity (Wildman–Crippen MR) is 68.1 cm³/mol. The highest BCUT2D eigenvalue weighted by Crippen LogP contribution is 2.29. The lowest BCUT2D eigenvalue weighted by atomic mass is 10.1. The normalized spacial score (nSPS) is 12.2. The van der Waals surface area contributed by atoms with E-state index in [9.17, 15) is 0 Å². The Hall–Kier alpha value is -1.87. The van der Waals surface area contributed by atoms with Crippen molar-refractivity contribution in [3.05, 3.63) is 53.9 Å². The number of hydrogen-bond donors (Lipinski definition) is 1. The lowest BCUT2D eigenvalue weighted by molar-refractivity contribution is 0.465. The number of ether oxygens (including phenoxy) is 1. The third-order valence-electron chi connectivity index (χ3n) is 2.59. The molecule has 1 heterocycles. The van der Waals surface area contributed by atoms with Crippen molar-refractivity contribution in [3.63, 3.8) is 0 Å². The number of nitrogens with two attached hydrogens (primary N) is 1. The van der Waals surface area contributed by atoms with Crippen LogP contribution in [0.1, 0.15) is 24.2 Å². The van der Waals surface area contributed by atoms with Gasteiger partial charge in [0.2, 0.25) is 0 Å². The van der Waals surface area contributed by atoms with Gasteiger partial charge in [-0.15, -0.1) is 0 Å². The zero-order chi connectivity index (χ0) is 12.3. The first-order valence-corrected chi connectivity index (χ1v) is 5.62. The van der Waals surface area contributed by atoms with Gasteiger partial charge >= 0.3 is 0 Å². The Bertz CT molecular complexity index is 509. The maximum absolute atomic E-state index is 5.91. The van der Waals surface area contributed by atoms with Gasteiger partial charge in [-0.1, -0.05) is 18.2 Å². The molecule has 0 bridgehead atoms. The van der Waals surface area contributed by atoms with Crippen LogP contribution in [-0.4, -0.2) is 4.98 Å². The molecule has 88 valence electrons. The largest absolute Gasteiger partial charge is 0.455 e. The molecule has 0 fully saturated rings. The molecule has 0 spiro atoms. The van der Waals surface area contributed by atoms with Crippen LogP contribution in [-0.2, 0) is 0 Å². The monoisotopic (exact) mass is 228 g/mol. The summed E-state index contributed by atoms with van der Waals surface area (Å²) in [6.07, 6.45) is 1.75. The van der Waals surface area contributed by atoms with Crippen LogP contribution in [0.15, 0.2) is 42.6 Å². The minimum Gasteiger partial charge on any atom is -0.455 e. The molecule has 0 saturated heterocycles. The number of benzene rings is 1. The van der Waals surface area contributed by atoms with E-state index in [1.54, 1.807) is 6.20 Å². The van der Waals surface area contributed by atoms with E-state index in [2.05, 4.69) is 4.98 Å². The first-order chi connectivity index (χ1) is 8.18. The molecule has 3 heteroatoms. The highest BCUT2D eigenvalue weighted by molar-refractivity contribution is 5.40. The Balaban J connectivity index is 2.34. The number of hydrogen-bond acceptors (Lipinski definition) is 3. The van der Waals surface area contributed by atoms with Crippen LogP contribution < -0.4 is 10.5 Å². The van der Waals surface area contributed by atoms with Crippen molar-refractivity contribution in [2.24, 2.45) is 5.73 Å². The van der Waals surface area contributed by atoms with Gasteiger partial charge in [0.25, 0.3) is 0 Å². The van der Waals surface area contributed by atoms with Gasteiger partial charge in [0, 0.05) is 17.8 Å². The van der Waals surface area contributed by atoms with E-state index in [4.69, 9.17) is 10.5 Å². The summed E-state index contributed by atoms with van der Waals surface area (Å²) < 4.78 is 5.86. The van der Waals surface area contributed by atoms with E-state index in [-0.39, 0.29) is 6.04 Å². The molecule has 1 aromatic heterocycles. The summed E-state index contributed by atoms with van der Waals surface area (Å²) in [4.78, 5) is 4.19. The van der Waals surface area contributed by atoms with E-state index in [1.165, 1.54) is 0 Å². The van der Waals surface area contributed by atoms with Crippen LogP contribution in [0.2, 0.25) is 0 Å². The molecule has 2 rings (SSSR count). The summed E-state index contributed by atoms with van der Waals surface area (Å²) in [5.74, 6) is 1.55. The van der Waals surface area contributed by atoms with Crippen LogP contribution >= 0.6 is 0 Å². The summed E-state index contributed by atoms with van der Waals surface area (Å²) in [6.45, 7) is 3.86. The Morgan fingerprint density at radius 3 is 2.53 bits per heavy atom. The highest BCUT2D eigenvalue weighted by atomic mass is 16.5. The molecule has 0 amide bonds. The Morgan fingerprint density at radius 2 is 1.82 bits per heavy atom. The Morgan fingerprint density at radius 1 is 1.12 bits per heavy atom. The van der Waals surface area contributed by atoms with Gasteiger partial charge < -0.3 is 10.5 Å². The number of para-hydroxylation sites is 1. The molecule has 17 heavy (non-hydrogen) atoms. The second-order valence-corrected chi connectivity index (χ2v) is 4.02. The fourth-order valence-corrected chi connectivity index (χ4v) is 1.65. The van der Waals surface area contributed by atoms with Gasteiger partial charge in [0.05, 0.1) is 5.69 Å². The zero-order valence-electron chi connectivity index (χ0n) is 10.1. The van der Waals surface area contributed by atoms with Crippen molar-refractivity contribution in [1.82, 2.24) is 4.98 Å². The smallest absolute Gasteiger partial charge is 0.148 e. The maximum atomic E-state index is 5.91. The summed E-state index contributed by atoms with van der Waals surface area (Å²) in [7, 11) is 0. The van der Waals surface area contributed by atoms with Crippen molar-refractivity contribution < 1.29 is 4.74 Å². The molecule has 0 aliphatic carbocycles. The first kappa shape index (κ1) is 11.6. The van der Waals surface area contributed by atoms with E-state index >= 15 is 0 Å². The second kappa shape index (κ2) is 4.97. The van der Waals surface area contributed by atoms with E-state index in [0.29, 0.717) is 0 Å². The number of rotatable bonds is 3. The lowest BCUT2D eigenvalue weighted by Crippen LogP contribution is -2.06. The second-order valence-electron chi connectivity index (χ2n) is 4.02. The van der Waals surface area contributed by atoms with Crippen molar-refractivity contribution in [2.75, 3.05) is 0 Å².